The number of rotatable bonds is 8. The van der Waals surface area contributed by atoms with Crippen LogP contribution in [0.1, 0.15) is 76.7 Å². The lowest BCUT2D eigenvalue weighted by Gasteiger charge is -2.48. The summed E-state index contributed by atoms with van der Waals surface area (Å²) in [5.74, 6) is -0.465. The number of ether oxygens (including phenoxy) is 2. The molecule has 0 radical (unpaired) electrons. The van der Waals surface area contributed by atoms with Gasteiger partial charge in [0.2, 0.25) is 0 Å². The van der Waals surface area contributed by atoms with Gasteiger partial charge in [-0.2, -0.15) is 9.97 Å². The van der Waals surface area contributed by atoms with Crippen molar-refractivity contribution in [1.82, 2.24) is 19.9 Å². The molecule has 2 aromatic heterocycles. The number of hydrogen-bond donors (Lipinski definition) is 1. The van der Waals surface area contributed by atoms with Crippen molar-refractivity contribution in [1.29, 1.82) is 0 Å². The molecule has 49 heavy (non-hydrogen) atoms. The van der Waals surface area contributed by atoms with Gasteiger partial charge < -0.3 is 24.4 Å². The molecule has 9 rings (SSSR count). The topological polar surface area (TPSA) is 83.8 Å². The van der Waals surface area contributed by atoms with Gasteiger partial charge >= 0.3 is 6.01 Å². The Morgan fingerprint density at radius 3 is 2.47 bits per heavy atom. The Kier molecular flexibility index (Phi) is 7.50. The number of hydrogen-bond acceptors (Lipinski definition) is 8. The molecule has 5 heterocycles. The maximum absolute atomic E-state index is 17.0. The predicted octanol–water partition coefficient (Wildman–Crippen LogP) is 7.58. The monoisotopic (exact) mass is 669 g/mol. The third-order valence-electron chi connectivity index (χ3n) is 12.6. The van der Waals surface area contributed by atoms with Crippen molar-refractivity contribution < 1.29 is 23.4 Å². The minimum absolute atomic E-state index is 0.00902. The molecule has 2 saturated carbocycles. The van der Waals surface area contributed by atoms with Crippen LogP contribution in [0.2, 0.25) is 0 Å². The molecule has 8 nitrogen and oxygen atoms in total. The van der Waals surface area contributed by atoms with Crippen LogP contribution >= 0.6 is 0 Å². The third kappa shape index (κ3) is 5.50. The molecule has 0 bridgehead atoms. The fraction of sp³-hybridized carbons (Fsp3) is 0.564. The molecule has 1 N–H and O–H groups in total. The van der Waals surface area contributed by atoms with E-state index in [-0.39, 0.29) is 39.8 Å². The zero-order valence-electron chi connectivity index (χ0n) is 28.4. The van der Waals surface area contributed by atoms with Gasteiger partial charge in [0.15, 0.2) is 5.82 Å². The fourth-order valence-corrected chi connectivity index (χ4v) is 9.12. The van der Waals surface area contributed by atoms with Gasteiger partial charge in [-0.15, -0.1) is 0 Å². The highest BCUT2D eigenvalue weighted by Gasteiger charge is 2.47. The van der Waals surface area contributed by atoms with Gasteiger partial charge in [-0.05, 0) is 111 Å². The second-order valence-corrected chi connectivity index (χ2v) is 15.7. The number of halogens is 2. The Labute approximate surface area is 285 Å². The smallest absolute Gasteiger partial charge is 0.319 e. The van der Waals surface area contributed by atoms with E-state index in [9.17, 15) is 5.11 Å². The summed E-state index contributed by atoms with van der Waals surface area (Å²) in [7, 11) is 0. The average molecular weight is 670 g/mol. The maximum Gasteiger partial charge on any atom is 0.319 e. The molecule has 2 aliphatic carbocycles. The number of aromatic nitrogens is 3. The third-order valence-corrected chi connectivity index (χ3v) is 12.6. The summed E-state index contributed by atoms with van der Waals surface area (Å²) in [5, 5.41) is 12.3. The first kappa shape index (κ1) is 31.4. The molecule has 258 valence electrons. The van der Waals surface area contributed by atoms with Crippen LogP contribution in [-0.4, -0.2) is 76.5 Å². The minimum atomic E-state index is -0.643. The van der Waals surface area contributed by atoms with E-state index in [0.717, 1.165) is 64.9 Å². The van der Waals surface area contributed by atoms with Crippen LogP contribution in [0.25, 0.3) is 32.9 Å². The summed E-state index contributed by atoms with van der Waals surface area (Å²) in [5.41, 5.74) is 1.38. The molecule has 2 spiro atoms. The first-order valence-corrected chi connectivity index (χ1v) is 18.3. The fourth-order valence-electron chi connectivity index (χ4n) is 9.12. The Hall–Kier alpha value is -3.63. The first-order chi connectivity index (χ1) is 23.8. The van der Waals surface area contributed by atoms with Gasteiger partial charge in [-0.25, -0.2) is 8.78 Å². The zero-order chi connectivity index (χ0) is 33.4. The van der Waals surface area contributed by atoms with Crippen LogP contribution in [0.5, 0.6) is 11.8 Å². The SMILES string of the molecule is CCc1c(F)ccc2cc(O)cc(-c3ncc4c(N5CCC[C@]6(CCO6)C5)nc(OCC5(CN6CCC7(CCC7)CC6)CC5)nc4c3F)c12. The molecule has 3 saturated heterocycles. The second kappa shape index (κ2) is 11.7. The zero-order valence-corrected chi connectivity index (χ0v) is 28.4. The van der Waals surface area contributed by atoms with E-state index in [2.05, 4.69) is 14.8 Å². The summed E-state index contributed by atoms with van der Waals surface area (Å²) in [6, 6.07) is 6.19. The van der Waals surface area contributed by atoms with Gasteiger partial charge in [-0.3, -0.25) is 4.98 Å². The summed E-state index contributed by atoms with van der Waals surface area (Å²) in [4.78, 5) is 19.0. The normalized spacial score (nSPS) is 24.3. The largest absolute Gasteiger partial charge is 0.508 e. The van der Waals surface area contributed by atoms with Crippen molar-refractivity contribution in [2.75, 3.05) is 50.8 Å². The standard InChI is InChI=1S/C39H45F2N5O3/c1-2-27-30(40)6-5-25-19-26(47)20-28(31(25)27)33-32(41)34-29(21-42-33)35(46-15-4-9-39(23-46)14-18-49-39)44-36(43-34)48-24-38(10-11-38)22-45-16-12-37(13-17-45)7-3-8-37/h5-6,19-21,47H,2-4,7-18,22-24H2,1H3/t39-/m0/s1. The number of phenolic OH excluding ortho intramolecular Hbond substituents is 1. The molecule has 10 heteroatoms. The molecule has 5 aliphatic rings. The minimum Gasteiger partial charge on any atom is -0.508 e. The van der Waals surface area contributed by atoms with Gasteiger partial charge in [0.05, 0.1) is 24.2 Å². The first-order valence-electron chi connectivity index (χ1n) is 18.3. The van der Waals surface area contributed by atoms with E-state index in [0.29, 0.717) is 58.1 Å². The van der Waals surface area contributed by atoms with Crippen molar-refractivity contribution in [2.45, 2.75) is 83.2 Å². The molecule has 0 unspecified atom stereocenters. The van der Waals surface area contributed by atoms with Crippen LogP contribution in [-0.2, 0) is 11.2 Å². The van der Waals surface area contributed by atoms with E-state index in [1.165, 1.54) is 44.2 Å². The molecule has 4 aromatic rings. The maximum atomic E-state index is 17.0. The molecule has 3 aliphatic heterocycles. The molecule has 5 fully saturated rings. The van der Waals surface area contributed by atoms with Gasteiger partial charge in [0, 0.05) is 43.2 Å². The van der Waals surface area contributed by atoms with E-state index < -0.39 is 5.82 Å². The van der Waals surface area contributed by atoms with Crippen molar-refractivity contribution in [3.05, 3.63) is 47.7 Å². The lowest BCUT2D eigenvalue weighted by Crippen LogP contribution is -2.56. The Morgan fingerprint density at radius 2 is 1.78 bits per heavy atom. The molecule has 0 amide bonds. The summed E-state index contributed by atoms with van der Waals surface area (Å²) in [6.45, 7) is 7.86. The number of fused-ring (bicyclic) bond motifs is 2. The second-order valence-electron chi connectivity index (χ2n) is 15.7. The van der Waals surface area contributed by atoms with Gasteiger partial charge in [0.25, 0.3) is 0 Å². The van der Waals surface area contributed by atoms with E-state index in [4.69, 9.17) is 19.4 Å². The van der Waals surface area contributed by atoms with Crippen molar-refractivity contribution >= 4 is 27.5 Å². The molecular weight excluding hydrogens is 624 g/mol. The van der Waals surface area contributed by atoms with Gasteiger partial charge in [-0.1, -0.05) is 19.4 Å². The lowest BCUT2D eigenvalue weighted by molar-refractivity contribution is -0.151. The van der Waals surface area contributed by atoms with Crippen molar-refractivity contribution in [3.8, 4) is 23.0 Å². The van der Waals surface area contributed by atoms with Crippen LogP contribution < -0.4 is 9.64 Å². The highest BCUT2D eigenvalue weighted by Crippen LogP contribution is 2.51. The Morgan fingerprint density at radius 1 is 0.959 bits per heavy atom. The number of likely N-dealkylation sites (tertiary alicyclic amines) is 1. The number of anilines is 1. The van der Waals surface area contributed by atoms with Gasteiger partial charge in [0.1, 0.15) is 28.6 Å². The van der Waals surface area contributed by atoms with Crippen LogP contribution in [0.4, 0.5) is 14.6 Å². The summed E-state index contributed by atoms with van der Waals surface area (Å²) in [6.07, 6.45) is 13.9. The number of nitrogens with zero attached hydrogens (tertiary/aromatic N) is 5. The number of aromatic hydroxyl groups is 1. The van der Waals surface area contributed by atoms with E-state index in [1.807, 2.05) is 6.92 Å². The lowest BCUT2D eigenvalue weighted by atomic mass is 9.63. The molecular formula is C39H45F2N5O3. The molecule has 2 aromatic carbocycles. The van der Waals surface area contributed by atoms with E-state index in [1.54, 1.807) is 18.3 Å². The van der Waals surface area contributed by atoms with E-state index >= 15 is 8.78 Å². The number of phenols is 1. The number of piperidine rings is 2. The quantitative estimate of drug-likeness (QED) is 0.206. The average Bonchev–Trinajstić information content (AvgIpc) is 3.85. The number of aryl methyl sites for hydroxylation is 1. The highest BCUT2D eigenvalue weighted by atomic mass is 19.1. The summed E-state index contributed by atoms with van der Waals surface area (Å²) >= 11 is 0. The number of benzene rings is 2. The summed E-state index contributed by atoms with van der Waals surface area (Å²) < 4.78 is 44.5. The van der Waals surface area contributed by atoms with Crippen LogP contribution in [0.3, 0.4) is 0 Å². The van der Waals surface area contributed by atoms with Crippen LogP contribution in [0.15, 0.2) is 30.5 Å². The van der Waals surface area contributed by atoms with Crippen molar-refractivity contribution in [3.63, 3.8) is 0 Å². The van der Waals surface area contributed by atoms with Crippen LogP contribution in [0, 0.1) is 22.5 Å². The highest BCUT2D eigenvalue weighted by molar-refractivity contribution is 6.01. The number of pyridine rings is 1. The Balaban J connectivity index is 1.08. The predicted molar refractivity (Wildman–Crippen MR) is 185 cm³/mol. The molecule has 1 atom stereocenters. The van der Waals surface area contributed by atoms with Crippen molar-refractivity contribution in [2.24, 2.45) is 10.8 Å². The Bertz CT molecular complexity index is 1930.